The average molecular weight is 615 g/mol. The van der Waals surface area contributed by atoms with Crippen LogP contribution in [0.15, 0.2) is 51.4 Å². The van der Waals surface area contributed by atoms with Crippen molar-refractivity contribution in [3.63, 3.8) is 0 Å². The van der Waals surface area contributed by atoms with Gasteiger partial charge in [0.15, 0.2) is 5.75 Å². The van der Waals surface area contributed by atoms with E-state index < -0.39 is 17.9 Å². The molecule has 0 aliphatic carbocycles. The van der Waals surface area contributed by atoms with E-state index in [1.165, 1.54) is 13.2 Å². The maximum absolute atomic E-state index is 15.0. The number of benzene rings is 3. The number of methoxy groups -OCH3 is 1. The van der Waals surface area contributed by atoms with Crippen LogP contribution in [0.25, 0.3) is 0 Å². The van der Waals surface area contributed by atoms with Crippen LogP contribution in [0.3, 0.4) is 0 Å². The molecule has 0 spiro atoms. The number of carboxylic acids is 1. The zero-order valence-electron chi connectivity index (χ0n) is 19.1. The first-order valence-electron chi connectivity index (χ1n) is 10.5. The molecule has 0 amide bonds. The molecule has 0 aliphatic rings. The van der Waals surface area contributed by atoms with Crippen LogP contribution in [0.2, 0.25) is 5.02 Å². The molecule has 0 aromatic heterocycles. The van der Waals surface area contributed by atoms with Crippen molar-refractivity contribution in [3.8, 4) is 11.5 Å². The van der Waals surface area contributed by atoms with Gasteiger partial charge in [-0.25, -0.2) is 4.39 Å². The number of rotatable bonds is 8. The maximum Gasteiger partial charge on any atom is 0.307 e. The molecular formula is C26H24Br2ClFO4. The fraction of sp³-hybridized carbons (Fsp3) is 0.269. The van der Waals surface area contributed by atoms with E-state index in [1.807, 2.05) is 19.1 Å². The van der Waals surface area contributed by atoms with E-state index in [2.05, 4.69) is 45.7 Å². The lowest BCUT2D eigenvalue weighted by Crippen LogP contribution is -2.10. The lowest BCUT2D eigenvalue weighted by atomic mass is 9.91. The largest absolute Gasteiger partial charge is 0.481 e. The number of halogens is 4. The number of hydrogen-bond acceptors (Lipinski definition) is 3. The Morgan fingerprint density at radius 3 is 2.29 bits per heavy atom. The Morgan fingerprint density at radius 1 is 1.09 bits per heavy atom. The van der Waals surface area contributed by atoms with E-state index in [4.69, 9.17) is 26.2 Å². The summed E-state index contributed by atoms with van der Waals surface area (Å²) in [6, 6.07) is 12.1. The molecular weight excluding hydrogens is 591 g/mol. The van der Waals surface area contributed by atoms with Crippen molar-refractivity contribution >= 4 is 49.4 Å². The number of aryl methyl sites for hydroxylation is 1. The molecule has 1 unspecified atom stereocenters. The van der Waals surface area contributed by atoms with Crippen molar-refractivity contribution in [2.75, 3.05) is 7.11 Å². The van der Waals surface area contributed by atoms with E-state index in [1.54, 1.807) is 24.3 Å². The van der Waals surface area contributed by atoms with Crippen LogP contribution >= 0.6 is 43.5 Å². The molecule has 0 fully saturated rings. The molecule has 0 saturated carbocycles. The van der Waals surface area contributed by atoms with Gasteiger partial charge in [-0.1, -0.05) is 37.6 Å². The maximum atomic E-state index is 15.0. The summed E-state index contributed by atoms with van der Waals surface area (Å²) >= 11 is 13.0. The Labute approximate surface area is 220 Å². The van der Waals surface area contributed by atoms with Crippen LogP contribution in [0.5, 0.6) is 11.5 Å². The van der Waals surface area contributed by atoms with Crippen molar-refractivity contribution in [2.45, 2.75) is 39.2 Å². The zero-order chi connectivity index (χ0) is 25.2. The van der Waals surface area contributed by atoms with Gasteiger partial charge in [0.2, 0.25) is 0 Å². The van der Waals surface area contributed by atoms with Crippen LogP contribution in [0, 0.1) is 12.7 Å². The van der Waals surface area contributed by atoms with Gasteiger partial charge in [0.05, 0.1) is 20.4 Å². The van der Waals surface area contributed by atoms with Crippen LogP contribution < -0.4 is 4.74 Å². The number of ether oxygens (including phenoxy) is 2. The second-order valence-electron chi connectivity index (χ2n) is 8.22. The molecule has 1 atom stereocenters. The van der Waals surface area contributed by atoms with E-state index in [0.717, 1.165) is 11.1 Å². The quantitative estimate of drug-likeness (QED) is 0.276. The van der Waals surface area contributed by atoms with E-state index >= 15 is 0 Å². The summed E-state index contributed by atoms with van der Waals surface area (Å²) in [7, 11) is 1.51. The molecule has 3 aromatic carbocycles. The molecule has 8 heteroatoms. The van der Waals surface area contributed by atoms with Crippen LogP contribution in [-0.4, -0.2) is 18.2 Å². The third-order valence-electron chi connectivity index (χ3n) is 5.43. The van der Waals surface area contributed by atoms with E-state index in [0.29, 0.717) is 37.1 Å². The molecule has 34 heavy (non-hydrogen) atoms. The summed E-state index contributed by atoms with van der Waals surface area (Å²) in [4.78, 5) is 11.1. The van der Waals surface area contributed by atoms with Gasteiger partial charge in [0.1, 0.15) is 17.7 Å². The molecule has 3 rings (SSSR count). The Morgan fingerprint density at radius 2 is 1.74 bits per heavy atom. The van der Waals surface area contributed by atoms with Crippen LogP contribution in [0.4, 0.5) is 4.39 Å². The first-order valence-corrected chi connectivity index (χ1v) is 12.5. The Kier molecular flexibility index (Phi) is 8.79. The van der Waals surface area contributed by atoms with Crippen molar-refractivity contribution < 1.29 is 23.8 Å². The second kappa shape index (κ2) is 11.2. The number of hydrogen-bond donors (Lipinski definition) is 1. The minimum Gasteiger partial charge on any atom is -0.481 e. The summed E-state index contributed by atoms with van der Waals surface area (Å²) in [5.41, 5.74) is 3.65. The number of carbonyl (C=O) groups is 1. The summed E-state index contributed by atoms with van der Waals surface area (Å²) in [6.45, 7) is 6.17. The van der Waals surface area contributed by atoms with Gasteiger partial charge in [-0.15, -0.1) is 0 Å². The number of aliphatic carboxylic acids is 1. The summed E-state index contributed by atoms with van der Waals surface area (Å²) < 4.78 is 28.2. The minimum absolute atomic E-state index is 0.0112. The summed E-state index contributed by atoms with van der Waals surface area (Å²) in [6.07, 6.45) is -0.887. The highest BCUT2D eigenvalue weighted by molar-refractivity contribution is 9.11. The first kappa shape index (κ1) is 26.7. The molecule has 0 saturated heterocycles. The van der Waals surface area contributed by atoms with Crippen LogP contribution in [-0.2, 0) is 16.0 Å². The second-order valence-corrected chi connectivity index (χ2v) is 10.3. The highest BCUT2D eigenvalue weighted by atomic mass is 79.9. The molecule has 0 bridgehead atoms. The molecule has 180 valence electrons. The Balaban J connectivity index is 2.18. The highest BCUT2D eigenvalue weighted by Gasteiger charge is 2.25. The molecule has 1 N–H and O–H groups in total. The average Bonchev–Trinajstić information content (AvgIpc) is 2.74. The summed E-state index contributed by atoms with van der Waals surface area (Å²) in [5.74, 6) is -0.289. The number of carboxylic acid groups (broad SMARTS) is 1. The van der Waals surface area contributed by atoms with Gasteiger partial charge in [0, 0.05) is 18.2 Å². The topological polar surface area (TPSA) is 55.8 Å². The monoisotopic (exact) mass is 612 g/mol. The third kappa shape index (κ3) is 5.82. The molecule has 0 radical (unpaired) electrons. The van der Waals surface area contributed by atoms with Gasteiger partial charge in [0.25, 0.3) is 0 Å². The highest BCUT2D eigenvalue weighted by Crippen LogP contribution is 2.44. The smallest absolute Gasteiger partial charge is 0.307 e. The van der Waals surface area contributed by atoms with Crippen molar-refractivity contribution in [3.05, 3.63) is 90.1 Å². The SMILES string of the molecule is COC(c1cc(C)c(C(C)C)cc1Oc1c(Br)cc(CC(=O)O)cc1Br)c1cccc(Cl)c1F. The predicted molar refractivity (Wildman–Crippen MR) is 139 cm³/mol. The van der Waals surface area contributed by atoms with Crippen LogP contribution in [0.1, 0.15) is 53.7 Å². The van der Waals surface area contributed by atoms with Gasteiger partial charge >= 0.3 is 5.97 Å². The molecule has 0 heterocycles. The Bertz CT molecular complexity index is 1210. The predicted octanol–water partition coefficient (Wildman–Crippen LogP) is 8.59. The lowest BCUT2D eigenvalue weighted by Gasteiger charge is -2.24. The van der Waals surface area contributed by atoms with E-state index in [-0.39, 0.29) is 17.4 Å². The zero-order valence-corrected chi connectivity index (χ0v) is 23.0. The van der Waals surface area contributed by atoms with Crippen molar-refractivity contribution in [1.29, 1.82) is 0 Å². The molecule has 4 nitrogen and oxygen atoms in total. The lowest BCUT2D eigenvalue weighted by molar-refractivity contribution is -0.136. The van der Waals surface area contributed by atoms with E-state index in [9.17, 15) is 9.18 Å². The Hall–Kier alpha value is -1.93. The molecule has 0 aliphatic heterocycles. The van der Waals surface area contributed by atoms with Crippen molar-refractivity contribution in [2.24, 2.45) is 0 Å². The normalized spacial score (nSPS) is 12.1. The van der Waals surface area contributed by atoms with Gasteiger partial charge in [-0.05, 0) is 91.7 Å². The van der Waals surface area contributed by atoms with Gasteiger partial charge < -0.3 is 14.6 Å². The van der Waals surface area contributed by atoms with Gasteiger partial charge in [-0.2, -0.15) is 0 Å². The van der Waals surface area contributed by atoms with Gasteiger partial charge in [-0.3, -0.25) is 4.79 Å². The molecule has 3 aromatic rings. The third-order valence-corrected chi connectivity index (χ3v) is 6.90. The first-order chi connectivity index (χ1) is 16.0. The fourth-order valence-corrected chi connectivity index (χ4v) is 5.51. The fourth-order valence-electron chi connectivity index (χ4n) is 3.88. The standard InChI is InChI=1S/C26H24Br2ClFO4/c1-13(2)17-12-22(34-26-19(27)9-15(10-20(26)28)11-23(31)32)18(8-14(17)3)25(33-4)16-6-5-7-21(29)24(16)30/h5-10,12-13,25H,11H2,1-4H3,(H,31,32). The van der Waals surface area contributed by atoms with Crippen molar-refractivity contribution in [1.82, 2.24) is 0 Å². The minimum atomic E-state index is -0.929. The summed E-state index contributed by atoms with van der Waals surface area (Å²) in [5, 5.41) is 9.13.